The van der Waals surface area contributed by atoms with Crippen molar-refractivity contribution >= 4 is 34.5 Å². The topological polar surface area (TPSA) is 50.4 Å². The maximum atomic E-state index is 13.6. The molecule has 0 aliphatic rings. The Morgan fingerprint density at radius 2 is 1.74 bits per heavy atom. The highest BCUT2D eigenvalue weighted by Crippen LogP contribution is 2.28. The van der Waals surface area contributed by atoms with Crippen LogP contribution in [0, 0.1) is 5.82 Å². The van der Waals surface area contributed by atoms with E-state index >= 15 is 0 Å². The molecule has 3 nitrogen and oxygen atoms in total. The standard InChI is InChI=1S/C14H13ClFN3/c15-9-14(17)19-13-8-4-3-7-12(13)18-11-6-2-1-5-10(11)16/h1-8,18H,9H2,(H2,17,19). The van der Waals surface area contributed by atoms with Crippen LogP contribution in [0.15, 0.2) is 53.5 Å². The smallest absolute Gasteiger partial charge is 0.146 e. The Labute approximate surface area is 115 Å². The lowest BCUT2D eigenvalue weighted by Gasteiger charge is -2.10. The van der Waals surface area contributed by atoms with E-state index in [1.54, 1.807) is 30.3 Å². The van der Waals surface area contributed by atoms with E-state index in [9.17, 15) is 4.39 Å². The second kappa shape index (κ2) is 6.20. The summed E-state index contributed by atoms with van der Waals surface area (Å²) < 4.78 is 13.6. The minimum atomic E-state index is -0.327. The molecule has 0 aromatic heterocycles. The molecule has 2 aromatic carbocycles. The summed E-state index contributed by atoms with van der Waals surface area (Å²) in [7, 11) is 0. The molecule has 0 fully saturated rings. The number of nitrogens with zero attached hydrogens (tertiary/aromatic N) is 1. The van der Waals surface area contributed by atoms with Gasteiger partial charge in [0, 0.05) is 0 Å². The molecule has 0 saturated carbocycles. The van der Waals surface area contributed by atoms with Crippen LogP contribution in [0.25, 0.3) is 0 Å². The Bertz CT molecular complexity index is 599. The van der Waals surface area contributed by atoms with Crippen molar-refractivity contribution in [3.05, 3.63) is 54.3 Å². The highest BCUT2D eigenvalue weighted by Gasteiger charge is 2.05. The Kier molecular flexibility index (Phi) is 4.36. The summed E-state index contributed by atoms with van der Waals surface area (Å²) in [6, 6.07) is 13.7. The summed E-state index contributed by atoms with van der Waals surface area (Å²) in [6.45, 7) is 0. The van der Waals surface area contributed by atoms with Gasteiger partial charge in [0.15, 0.2) is 0 Å². The predicted molar refractivity (Wildman–Crippen MR) is 78.1 cm³/mol. The molecule has 0 unspecified atom stereocenters. The van der Waals surface area contributed by atoms with Crippen LogP contribution in [0.5, 0.6) is 0 Å². The van der Waals surface area contributed by atoms with E-state index in [0.29, 0.717) is 22.9 Å². The van der Waals surface area contributed by atoms with E-state index in [0.717, 1.165) is 0 Å². The monoisotopic (exact) mass is 277 g/mol. The number of anilines is 2. The summed E-state index contributed by atoms with van der Waals surface area (Å²) in [5, 5.41) is 2.99. The van der Waals surface area contributed by atoms with E-state index < -0.39 is 0 Å². The highest BCUT2D eigenvalue weighted by atomic mass is 35.5. The molecule has 0 amide bonds. The second-order valence-electron chi connectivity index (χ2n) is 3.86. The van der Waals surface area contributed by atoms with Crippen molar-refractivity contribution in [2.75, 3.05) is 11.2 Å². The number of nitrogens with one attached hydrogen (secondary N) is 1. The van der Waals surface area contributed by atoms with Gasteiger partial charge < -0.3 is 11.1 Å². The predicted octanol–water partition coefficient (Wildman–Crippen LogP) is 3.80. The van der Waals surface area contributed by atoms with Gasteiger partial charge in [-0.3, -0.25) is 0 Å². The van der Waals surface area contributed by atoms with Crippen molar-refractivity contribution in [1.29, 1.82) is 0 Å². The van der Waals surface area contributed by atoms with E-state index in [-0.39, 0.29) is 11.7 Å². The van der Waals surface area contributed by atoms with Gasteiger partial charge in [0.25, 0.3) is 0 Å². The third-order valence-corrected chi connectivity index (χ3v) is 2.72. The molecule has 0 aliphatic carbocycles. The molecule has 5 heteroatoms. The zero-order chi connectivity index (χ0) is 13.7. The fourth-order valence-electron chi connectivity index (χ4n) is 1.57. The zero-order valence-electron chi connectivity index (χ0n) is 10.1. The lowest BCUT2D eigenvalue weighted by Crippen LogP contribution is -2.12. The Morgan fingerprint density at radius 3 is 2.42 bits per heavy atom. The molecule has 0 aliphatic heterocycles. The maximum Gasteiger partial charge on any atom is 0.146 e. The Morgan fingerprint density at radius 1 is 1.11 bits per heavy atom. The van der Waals surface area contributed by atoms with Gasteiger partial charge in [-0.05, 0) is 24.3 Å². The number of hydrogen-bond donors (Lipinski definition) is 2. The second-order valence-corrected chi connectivity index (χ2v) is 4.13. The first-order valence-corrected chi connectivity index (χ1v) is 6.23. The molecular formula is C14H13ClFN3. The number of hydrogen-bond acceptors (Lipinski definition) is 2. The first-order chi connectivity index (χ1) is 9.20. The third kappa shape index (κ3) is 3.45. The van der Waals surface area contributed by atoms with Crippen LogP contribution in [-0.2, 0) is 0 Å². The summed E-state index contributed by atoms with van der Waals surface area (Å²) in [4.78, 5) is 4.18. The minimum Gasteiger partial charge on any atom is -0.386 e. The van der Waals surface area contributed by atoms with Gasteiger partial charge in [0.2, 0.25) is 0 Å². The number of aliphatic imine (C=N–C) groups is 1. The van der Waals surface area contributed by atoms with Gasteiger partial charge in [0.05, 0.1) is 22.9 Å². The van der Waals surface area contributed by atoms with Crippen molar-refractivity contribution in [2.24, 2.45) is 10.7 Å². The highest BCUT2D eigenvalue weighted by molar-refractivity contribution is 6.28. The largest absolute Gasteiger partial charge is 0.386 e. The molecule has 0 bridgehead atoms. The van der Waals surface area contributed by atoms with Crippen LogP contribution in [0.2, 0.25) is 0 Å². The quantitative estimate of drug-likeness (QED) is 0.507. The number of alkyl halides is 1. The van der Waals surface area contributed by atoms with Gasteiger partial charge in [-0.15, -0.1) is 11.6 Å². The third-order valence-electron chi connectivity index (χ3n) is 2.45. The molecule has 2 aromatic rings. The van der Waals surface area contributed by atoms with Crippen LogP contribution in [0.4, 0.5) is 21.5 Å². The summed E-state index contributed by atoms with van der Waals surface area (Å²) in [5.74, 6) is 0.129. The van der Waals surface area contributed by atoms with E-state index in [2.05, 4.69) is 10.3 Å². The fraction of sp³-hybridized carbons (Fsp3) is 0.0714. The molecule has 98 valence electrons. The van der Waals surface area contributed by atoms with Gasteiger partial charge >= 0.3 is 0 Å². The van der Waals surface area contributed by atoms with Crippen molar-refractivity contribution in [2.45, 2.75) is 0 Å². The van der Waals surface area contributed by atoms with Gasteiger partial charge in [-0.2, -0.15) is 0 Å². The summed E-state index contributed by atoms with van der Waals surface area (Å²) in [5.41, 5.74) is 7.28. The fourth-order valence-corrected chi connectivity index (χ4v) is 1.63. The van der Waals surface area contributed by atoms with E-state index in [1.807, 2.05) is 12.1 Å². The van der Waals surface area contributed by atoms with E-state index in [4.69, 9.17) is 17.3 Å². The first-order valence-electron chi connectivity index (χ1n) is 5.70. The molecule has 0 radical (unpaired) electrons. The minimum absolute atomic E-state index is 0.147. The number of halogens is 2. The van der Waals surface area contributed by atoms with Crippen molar-refractivity contribution in [1.82, 2.24) is 0 Å². The number of nitrogens with two attached hydrogens (primary N) is 1. The molecule has 3 N–H and O–H groups in total. The Balaban J connectivity index is 2.33. The van der Waals surface area contributed by atoms with Crippen LogP contribution in [0.3, 0.4) is 0 Å². The lowest BCUT2D eigenvalue weighted by atomic mass is 10.2. The van der Waals surface area contributed by atoms with E-state index in [1.165, 1.54) is 6.07 Å². The van der Waals surface area contributed by atoms with Crippen molar-refractivity contribution in [3.63, 3.8) is 0 Å². The zero-order valence-corrected chi connectivity index (χ0v) is 10.9. The van der Waals surface area contributed by atoms with Gasteiger partial charge in [0.1, 0.15) is 11.7 Å². The maximum absolute atomic E-state index is 13.6. The summed E-state index contributed by atoms with van der Waals surface area (Å²) in [6.07, 6.45) is 0. The van der Waals surface area contributed by atoms with Crippen LogP contribution in [-0.4, -0.2) is 11.7 Å². The Hall–Kier alpha value is -2.07. The van der Waals surface area contributed by atoms with Crippen LogP contribution < -0.4 is 11.1 Å². The van der Waals surface area contributed by atoms with Gasteiger partial charge in [-0.25, -0.2) is 9.38 Å². The number of amidine groups is 1. The lowest BCUT2D eigenvalue weighted by molar-refractivity contribution is 0.632. The van der Waals surface area contributed by atoms with Crippen LogP contribution >= 0.6 is 11.6 Å². The molecule has 0 atom stereocenters. The molecule has 0 heterocycles. The number of rotatable bonds is 4. The molecule has 2 rings (SSSR count). The molecule has 19 heavy (non-hydrogen) atoms. The molecular weight excluding hydrogens is 265 g/mol. The van der Waals surface area contributed by atoms with Crippen LogP contribution in [0.1, 0.15) is 0 Å². The average Bonchev–Trinajstić information content (AvgIpc) is 2.43. The van der Waals surface area contributed by atoms with Gasteiger partial charge in [-0.1, -0.05) is 24.3 Å². The molecule has 0 spiro atoms. The number of para-hydroxylation sites is 3. The average molecular weight is 278 g/mol. The SMILES string of the molecule is NC(CCl)=Nc1ccccc1Nc1ccccc1F. The molecule has 0 saturated heterocycles. The summed E-state index contributed by atoms with van der Waals surface area (Å²) >= 11 is 5.60. The number of benzene rings is 2. The van der Waals surface area contributed by atoms with Crippen molar-refractivity contribution in [3.8, 4) is 0 Å². The van der Waals surface area contributed by atoms with Crippen molar-refractivity contribution < 1.29 is 4.39 Å². The first kappa shape index (κ1) is 13.4. The normalized spacial score (nSPS) is 11.4.